The van der Waals surface area contributed by atoms with Crippen LogP contribution in [0.3, 0.4) is 0 Å². The predicted octanol–water partition coefficient (Wildman–Crippen LogP) is 2.38. The molecule has 1 saturated heterocycles. The van der Waals surface area contributed by atoms with Crippen LogP contribution in [-0.2, 0) is 16.0 Å². The summed E-state index contributed by atoms with van der Waals surface area (Å²) in [7, 11) is 0. The Morgan fingerprint density at radius 3 is 2.86 bits per heavy atom. The van der Waals surface area contributed by atoms with Gasteiger partial charge in [0.05, 0.1) is 11.4 Å². The lowest BCUT2D eigenvalue weighted by Gasteiger charge is -2.34. The SMILES string of the molecule is CC1(CNc2cc3c(cc2N)NC(=O)CC3)CCOCC1. The Morgan fingerprint density at radius 2 is 2.10 bits per heavy atom. The standard InChI is InChI=1S/C16H23N3O2/c1-16(4-6-21-7-5-16)10-18-14-8-11-2-3-15(20)19-13(11)9-12(14)17/h8-9,18H,2-7,10,17H2,1H3,(H,19,20). The van der Waals surface area contributed by atoms with Crippen molar-refractivity contribution in [1.29, 1.82) is 0 Å². The number of fused-ring (bicyclic) bond motifs is 1. The van der Waals surface area contributed by atoms with E-state index >= 15 is 0 Å². The van der Waals surface area contributed by atoms with Gasteiger partial charge in [-0.2, -0.15) is 0 Å². The number of nitrogen functional groups attached to an aromatic ring is 1. The van der Waals surface area contributed by atoms with Gasteiger partial charge in [-0.15, -0.1) is 0 Å². The summed E-state index contributed by atoms with van der Waals surface area (Å²) in [4.78, 5) is 11.4. The van der Waals surface area contributed by atoms with Gasteiger partial charge in [-0.25, -0.2) is 0 Å². The van der Waals surface area contributed by atoms with Crippen LogP contribution in [0.1, 0.15) is 31.7 Å². The minimum atomic E-state index is 0.0670. The molecule has 0 aromatic heterocycles. The van der Waals surface area contributed by atoms with Gasteiger partial charge < -0.3 is 21.1 Å². The first-order chi connectivity index (χ1) is 10.1. The maximum Gasteiger partial charge on any atom is 0.224 e. The first-order valence-electron chi connectivity index (χ1n) is 7.60. The highest BCUT2D eigenvalue weighted by atomic mass is 16.5. The van der Waals surface area contributed by atoms with Gasteiger partial charge >= 0.3 is 0 Å². The lowest BCUT2D eigenvalue weighted by atomic mass is 9.82. The molecule has 0 radical (unpaired) electrons. The largest absolute Gasteiger partial charge is 0.397 e. The number of hydrogen-bond acceptors (Lipinski definition) is 4. The molecule has 4 N–H and O–H groups in total. The minimum Gasteiger partial charge on any atom is -0.397 e. The number of carbonyl (C=O) groups excluding carboxylic acids is 1. The number of hydrogen-bond donors (Lipinski definition) is 3. The molecule has 5 heteroatoms. The monoisotopic (exact) mass is 289 g/mol. The number of nitrogens with one attached hydrogen (secondary N) is 2. The summed E-state index contributed by atoms with van der Waals surface area (Å²) < 4.78 is 5.43. The maximum absolute atomic E-state index is 11.4. The Morgan fingerprint density at radius 1 is 1.33 bits per heavy atom. The Balaban J connectivity index is 1.72. The molecule has 1 aromatic rings. The van der Waals surface area contributed by atoms with E-state index in [1.165, 1.54) is 0 Å². The highest BCUT2D eigenvalue weighted by Crippen LogP contribution is 2.34. The van der Waals surface area contributed by atoms with Crippen LogP contribution < -0.4 is 16.4 Å². The van der Waals surface area contributed by atoms with Gasteiger partial charge in [-0.3, -0.25) is 4.79 Å². The smallest absolute Gasteiger partial charge is 0.224 e. The van der Waals surface area contributed by atoms with E-state index in [2.05, 4.69) is 23.6 Å². The fourth-order valence-electron chi connectivity index (χ4n) is 2.95. The molecule has 3 rings (SSSR count). The number of nitrogens with two attached hydrogens (primary N) is 1. The van der Waals surface area contributed by atoms with Crippen molar-refractivity contribution in [2.75, 3.05) is 36.1 Å². The van der Waals surface area contributed by atoms with Gasteiger partial charge in [0.1, 0.15) is 0 Å². The molecule has 0 spiro atoms. The summed E-state index contributed by atoms with van der Waals surface area (Å²) in [5.74, 6) is 0.0670. The summed E-state index contributed by atoms with van der Waals surface area (Å²) in [6.45, 7) is 4.86. The van der Waals surface area contributed by atoms with E-state index in [4.69, 9.17) is 10.5 Å². The number of benzene rings is 1. The Bertz CT molecular complexity index is 551. The molecule has 0 saturated carbocycles. The molecule has 21 heavy (non-hydrogen) atoms. The average molecular weight is 289 g/mol. The second kappa shape index (κ2) is 5.56. The summed E-state index contributed by atoms with van der Waals surface area (Å²) in [5.41, 5.74) is 10.0. The highest BCUT2D eigenvalue weighted by Gasteiger charge is 2.27. The number of aryl methyl sites for hydroxylation is 1. The van der Waals surface area contributed by atoms with Crippen molar-refractivity contribution < 1.29 is 9.53 Å². The number of carbonyl (C=O) groups is 1. The molecule has 0 aliphatic carbocycles. The van der Waals surface area contributed by atoms with Crippen molar-refractivity contribution in [2.24, 2.45) is 5.41 Å². The van der Waals surface area contributed by atoms with Crippen molar-refractivity contribution in [3.05, 3.63) is 17.7 Å². The number of rotatable bonds is 3. The molecule has 1 aromatic carbocycles. The highest BCUT2D eigenvalue weighted by molar-refractivity contribution is 5.95. The van der Waals surface area contributed by atoms with E-state index in [9.17, 15) is 4.79 Å². The van der Waals surface area contributed by atoms with E-state index in [0.717, 1.165) is 56.0 Å². The van der Waals surface area contributed by atoms with Crippen LogP contribution in [0.5, 0.6) is 0 Å². The fraction of sp³-hybridized carbons (Fsp3) is 0.562. The predicted molar refractivity (Wildman–Crippen MR) is 84.5 cm³/mol. The molecule has 2 aliphatic rings. The number of anilines is 3. The fourth-order valence-corrected chi connectivity index (χ4v) is 2.95. The average Bonchev–Trinajstić information content (AvgIpc) is 2.46. The molecule has 0 unspecified atom stereocenters. The molecule has 1 amide bonds. The first kappa shape index (κ1) is 14.2. The van der Waals surface area contributed by atoms with Crippen molar-refractivity contribution >= 4 is 23.0 Å². The molecule has 5 nitrogen and oxygen atoms in total. The maximum atomic E-state index is 11.4. The number of ether oxygens (including phenoxy) is 1. The summed E-state index contributed by atoms with van der Waals surface area (Å²) in [6, 6.07) is 3.94. The topological polar surface area (TPSA) is 76.4 Å². The molecule has 114 valence electrons. The van der Waals surface area contributed by atoms with Crippen molar-refractivity contribution in [2.45, 2.75) is 32.6 Å². The minimum absolute atomic E-state index is 0.0670. The van der Waals surface area contributed by atoms with Gasteiger partial charge in [0.2, 0.25) is 5.91 Å². The van der Waals surface area contributed by atoms with E-state index in [0.29, 0.717) is 12.1 Å². The normalized spacial score (nSPS) is 20.5. The van der Waals surface area contributed by atoms with Crippen molar-refractivity contribution in [3.8, 4) is 0 Å². The van der Waals surface area contributed by atoms with Crippen LogP contribution in [0, 0.1) is 5.41 Å². The zero-order chi connectivity index (χ0) is 14.9. The van der Waals surface area contributed by atoms with Gasteiger partial charge in [0.15, 0.2) is 0 Å². The van der Waals surface area contributed by atoms with Crippen molar-refractivity contribution in [3.63, 3.8) is 0 Å². The Labute approximate surface area is 125 Å². The summed E-state index contributed by atoms with van der Waals surface area (Å²) in [5, 5.41) is 6.37. The quantitative estimate of drug-likeness (QED) is 0.747. The lowest BCUT2D eigenvalue weighted by Crippen LogP contribution is -2.33. The van der Waals surface area contributed by atoms with E-state index in [-0.39, 0.29) is 11.3 Å². The van der Waals surface area contributed by atoms with E-state index in [1.807, 2.05) is 6.07 Å². The summed E-state index contributed by atoms with van der Waals surface area (Å²) in [6.07, 6.45) is 3.47. The number of amides is 1. The first-order valence-corrected chi connectivity index (χ1v) is 7.60. The summed E-state index contributed by atoms with van der Waals surface area (Å²) >= 11 is 0. The van der Waals surface area contributed by atoms with Crippen molar-refractivity contribution in [1.82, 2.24) is 0 Å². The zero-order valence-corrected chi connectivity index (χ0v) is 12.5. The third-order valence-electron chi connectivity index (χ3n) is 4.58. The van der Waals surface area contributed by atoms with E-state index < -0.39 is 0 Å². The van der Waals surface area contributed by atoms with Crippen LogP contribution in [0.15, 0.2) is 12.1 Å². The molecular formula is C16H23N3O2. The third-order valence-corrected chi connectivity index (χ3v) is 4.58. The van der Waals surface area contributed by atoms with Crippen LogP contribution in [0.4, 0.5) is 17.1 Å². The van der Waals surface area contributed by atoms with Crippen LogP contribution in [-0.4, -0.2) is 25.7 Å². The molecule has 0 bridgehead atoms. The van der Waals surface area contributed by atoms with Crippen LogP contribution in [0.25, 0.3) is 0 Å². The Kier molecular flexibility index (Phi) is 3.76. The van der Waals surface area contributed by atoms with Crippen LogP contribution in [0.2, 0.25) is 0 Å². The second-order valence-electron chi connectivity index (χ2n) is 6.42. The molecule has 2 heterocycles. The Hall–Kier alpha value is -1.75. The molecular weight excluding hydrogens is 266 g/mol. The van der Waals surface area contributed by atoms with Gasteiger partial charge in [0.25, 0.3) is 0 Å². The van der Waals surface area contributed by atoms with Gasteiger partial charge in [-0.05, 0) is 42.4 Å². The molecule has 1 fully saturated rings. The van der Waals surface area contributed by atoms with Gasteiger partial charge in [-0.1, -0.05) is 6.92 Å². The lowest BCUT2D eigenvalue weighted by molar-refractivity contribution is -0.116. The zero-order valence-electron chi connectivity index (χ0n) is 12.5. The molecule has 2 aliphatic heterocycles. The molecule has 0 atom stereocenters. The van der Waals surface area contributed by atoms with Gasteiger partial charge in [0, 0.05) is 31.9 Å². The van der Waals surface area contributed by atoms with Crippen LogP contribution >= 0.6 is 0 Å². The second-order valence-corrected chi connectivity index (χ2v) is 6.42. The third kappa shape index (κ3) is 3.13. The van der Waals surface area contributed by atoms with E-state index in [1.54, 1.807) is 0 Å².